The Hall–Kier alpha value is -2.20. The molecule has 1 aliphatic carbocycles. The summed E-state index contributed by atoms with van der Waals surface area (Å²) in [5.41, 5.74) is 3.64. The first-order valence-electron chi connectivity index (χ1n) is 9.85. The minimum absolute atomic E-state index is 0.0702. The van der Waals surface area contributed by atoms with E-state index in [9.17, 15) is 4.79 Å². The van der Waals surface area contributed by atoms with Crippen LogP contribution in [0.2, 0.25) is 0 Å². The highest BCUT2D eigenvalue weighted by Crippen LogP contribution is 2.34. The zero-order valence-electron chi connectivity index (χ0n) is 16.3. The summed E-state index contributed by atoms with van der Waals surface area (Å²) < 4.78 is 11.5. The summed E-state index contributed by atoms with van der Waals surface area (Å²) in [4.78, 5) is 15.2. The summed E-state index contributed by atoms with van der Waals surface area (Å²) in [6.07, 6.45) is 7.48. The molecule has 2 atom stereocenters. The molecule has 27 heavy (non-hydrogen) atoms. The molecule has 1 heterocycles. The smallest absolute Gasteiger partial charge is 0.155 e. The van der Waals surface area contributed by atoms with Crippen LogP contribution >= 0.6 is 0 Å². The summed E-state index contributed by atoms with van der Waals surface area (Å²) in [6, 6.07) is 12.8. The molecule has 144 valence electrons. The molecule has 0 spiro atoms. The Labute approximate surface area is 161 Å². The number of Topliss-reactive ketones (excluding diaryl/α,β-unsaturated/α-hetero) is 1. The summed E-state index contributed by atoms with van der Waals surface area (Å²) in [7, 11) is 0. The van der Waals surface area contributed by atoms with Gasteiger partial charge in [-0.1, -0.05) is 24.3 Å². The summed E-state index contributed by atoms with van der Waals surface area (Å²) >= 11 is 0. The number of carbonyl (C=O) groups is 1. The molecule has 2 unspecified atom stereocenters. The van der Waals surface area contributed by atoms with Gasteiger partial charge in [-0.25, -0.2) is 0 Å². The maximum Gasteiger partial charge on any atom is 0.155 e. The van der Waals surface area contributed by atoms with Gasteiger partial charge in [-0.05, 0) is 75.1 Å². The van der Waals surface area contributed by atoms with E-state index in [2.05, 4.69) is 29.2 Å². The lowest BCUT2D eigenvalue weighted by atomic mass is 9.82. The Morgan fingerprint density at radius 1 is 1.15 bits per heavy atom. The first-order valence-corrected chi connectivity index (χ1v) is 9.85. The summed E-state index contributed by atoms with van der Waals surface area (Å²) in [5.74, 6) is 1.48. The van der Waals surface area contributed by atoms with Crippen LogP contribution in [0.1, 0.15) is 55.3 Å². The molecule has 0 N–H and O–H groups in total. The number of aromatic nitrogens is 1. The van der Waals surface area contributed by atoms with E-state index in [1.54, 1.807) is 6.92 Å². The fraction of sp³-hybridized carbons (Fsp3) is 0.478. The van der Waals surface area contributed by atoms with Crippen molar-refractivity contribution in [3.05, 3.63) is 59.4 Å². The monoisotopic (exact) mass is 367 g/mol. The van der Waals surface area contributed by atoms with Gasteiger partial charge in [0, 0.05) is 5.69 Å². The first-order chi connectivity index (χ1) is 13.1. The van der Waals surface area contributed by atoms with Gasteiger partial charge in [-0.2, -0.15) is 0 Å². The topological polar surface area (TPSA) is 48.4 Å². The van der Waals surface area contributed by atoms with Crippen LogP contribution in [0.4, 0.5) is 0 Å². The number of ketones is 1. The van der Waals surface area contributed by atoms with E-state index in [4.69, 9.17) is 9.47 Å². The number of hydrogen-bond acceptors (Lipinski definition) is 4. The van der Waals surface area contributed by atoms with Crippen LogP contribution in [0.15, 0.2) is 42.6 Å². The molecule has 0 aliphatic heterocycles. The van der Waals surface area contributed by atoms with Crippen molar-refractivity contribution >= 4 is 5.78 Å². The number of rotatable bonds is 8. The predicted octanol–water partition coefficient (Wildman–Crippen LogP) is 4.64. The van der Waals surface area contributed by atoms with Crippen molar-refractivity contribution in [3.8, 4) is 5.75 Å². The van der Waals surface area contributed by atoms with Gasteiger partial charge in [0.25, 0.3) is 0 Å². The minimum atomic E-state index is 0.0702. The lowest BCUT2D eigenvalue weighted by Crippen LogP contribution is -2.24. The van der Waals surface area contributed by atoms with Crippen molar-refractivity contribution in [2.45, 2.75) is 58.0 Å². The number of benzene rings is 1. The van der Waals surface area contributed by atoms with Crippen LogP contribution in [0.25, 0.3) is 0 Å². The highest BCUT2D eigenvalue weighted by molar-refractivity contribution is 5.76. The number of carbonyl (C=O) groups excluding carboxylic acids is 1. The fourth-order valence-electron chi connectivity index (χ4n) is 3.63. The average molecular weight is 367 g/mol. The number of pyridine rings is 1. The van der Waals surface area contributed by atoms with Gasteiger partial charge < -0.3 is 9.47 Å². The van der Waals surface area contributed by atoms with E-state index in [-0.39, 0.29) is 18.5 Å². The van der Waals surface area contributed by atoms with Gasteiger partial charge in [0.2, 0.25) is 0 Å². The maximum atomic E-state index is 10.9. The van der Waals surface area contributed by atoms with Crippen LogP contribution < -0.4 is 4.74 Å². The number of nitrogens with zero attached hydrogens (tertiary/aromatic N) is 1. The molecule has 1 aromatic carbocycles. The van der Waals surface area contributed by atoms with Gasteiger partial charge in [-0.3, -0.25) is 9.78 Å². The highest BCUT2D eigenvalue weighted by atomic mass is 16.5. The molecule has 1 aliphatic rings. The molecule has 0 saturated heterocycles. The van der Waals surface area contributed by atoms with E-state index in [0.29, 0.717) is 12.5 Å². The molecule has 0 amide bonds. The van der Waals surface area contributed by atoms with E-state index >= 15 is 0 Å². The Kier molecular flexibility index (Phi) is 6.99. The average Bonchev–Trinajstić information content (AvgIpc) is 2.68. The summed E-state index contributed by atoms with van der Waals surface area (Å²) in [5, 5.41) is 0. The molecule has 1 aromatic heterocycles. The SMILES string of the molecule is CC(=O)COCCc1ccc(C2CCCC(Oc3ccc(C)nc3)C2)cc1. The van der Waals surface area contributed by atoms with Crippen molar-refractivity contribution < 1.29 is 14.3 Å². The second-order valence-electron chi connectivity index (χ2n) is 7.48. The van der Waals surface area contributed by atoms with Crippen LogP contribution in [0.5, 0.6) is 5.75 Å². The second kappa shape index (κ2) is 9.65. The standard InChI is InChI=1S/C23H29NO3/c1-17-6-11-23(15-24-17)27-22-5-3-4-21(14-22)20-9-7-19(8-10-20)12-13-26-16-18(2)25/h6-11,15,21-22H,3-5,12-14,16H2,1-2H3. The molecule has 1 fully saturated rings. The Bertz CT molecular complexity index is 724. The summed E-state index contributed by atoms with van der Waals surface area (Å²) in [6.45, 7) is 4.33. The lowest BCUT2D eigenvalue weighted by Gasteiger charge is -2.30. The normalized spacial score (nSPS) is 19.6. The Morgan fingerprint density at radius 3 is 2.67 bits per heavy atom. The molecule has 1 saturated carbocycles. The first kappa shape index (κ1) is 19.6. The quantitative estimate of drug-likeness (QED) is 0.638. The van der Waals surface area contributed by atoms with Crippen LogP contribution in [0.3, 0.4) is 0 Å². The highest BCUT2D eigenvalue weighted by Gasteiger charge is 2.24. The van der Waals surface area contributed by atoms with E-state index < -0.39 is 0 Å². The van der Waals surface area contributed by atoms with Crippen molar-refractivity contribution in [2.24, 2.45) is 0 Å². The molecular formula is C23H29NO3. The van der Waals surface area contributed by atoms with Crippen molar-refractivity contribution in [2.75, 3.05) is 13.2 Å². The third-order valence-corrected chi connectivity index (χ3v) is 5.10. The van der Waals surface area contributed by atoms with Crippen molar-refractivity contribution in [1.29, 1.82) is 0 Å². The van der Waals surface area contributed by atoms with E-state index in [0.717, 1.165) is 30.7 Å². The third-order valence-electron chi connectivity index (χ3n) is 5.10. The van der Waals surface area contributed by atoms with E-state index in [1.807, 2.05) is 25.3 Å². The molecule has 2 aromatic rings. The second-order valence-corrected chi connectivity index (χ2v) is 7.48. The Morgan fingerprint density at radius 2 is 1.96 bits per heavy atom. The Balaban J connectivity index is 1.51. The number of aryl methyl sites for hydroxylation is 1. The number of hydrogen-bond donors (Lipinski definition) is 0. The van der Waals surface area contributed by atoms with Gasteiger partial charge in [0.15, 0.2) is 5.78 Å². The van der Waals surface area contributed by atoms with Gasteiger partial charge in [0.1, 0.15) is 12.4 Å². The molecule has 4 heteroatoms. The maximum absolute atomic E-state index is 10.9. The third kappa shape index (κ3) is 6.17. The fourth-order valence-corrected chi connectivity index (χ4v) is 3.63. The van der Waals surface area contributed by atoms with Gasteiger partial charge in [0.05, 0.1) is 18.9 Å². The zero-order valence-corrected chi connectivity index (χ0v) is 16.3. The lowest BCUT2D eigenvalue weighted by molar-refractivity contribution is -0.121. The largest absolute Gasteiger partial charge is 0.489 e. The van der Waals surface area contributed by atoms with E-state index in [1.165, 1.54) is 24.0 Å². The van der Waals surface area contributed by atoms with Crippen molar-refractivity contribution in [3.63, 3.8) is 0 Å². The molecule has 0 radical (unpaired) electrons. The van der Waals surface area contributed by atoms with Crippen LogP contribution in [-0.2, 0) is 16.0 Å². The minimum Gasteiger partial charge on any atom is -0.489 e. The van der Waals surface area contributed by atoms with Crippen LogP contribution in [0, 0.1) is 6.92 Å². The molecule has 4 nitrogen and oxygen atoms in total. The van der Waals surface area contributed by atoms with Gasteiger partial charge in [-0.15, -0.1) is 0 Å². The van der Waals surface area contributed by atoms with Crippen molar-refractivity contribution in [1.82, 2.24) is 4.98 Å². The zero-order chi connectivity index (χ0) is 19.1. The molecular weight excluding hydrogens is 338 g/mol. The van der Waals surface area contributed by atoms with Crippen LogP contribution in [-0.4, -0.2) is 30.1 Å². The predicted molar refractivity (Wildman–Crippen MR) is 106 cm³/mol. The number of ether oxygens (including phenoxy) is 2. The molecule has 3 rings (SSSR count). The molecule has 0 bridgehead atoms. The van der Waals surface area contributed by atoms with Gasteiger partial charge >= 0.3 is 0 Å².